The summed E-state index contributed by atoms with van der Waals surface area (Å²) in [7, 11) is 0. The van der Waals surface area contributed by atoms with Gasteiger partial charge in [0, 0.05) is 5.56 Å². The SMILES string of the molecule is CC1c2ccccc2OC(=O)N1CC(N)=O. The van der Waals surface area contributed by atoms with E-state index in [2.05, 4.69) is 0 Å². The Hall–Kier alpha value is -2.04. The number of hydrogen-bond donors (Lipinski definition) is 1. The van der Waals surface area contributed by atoms with Gasteiger partial charge in [-0.1, -0.05) is 18.2 Å². The molecule has 0 aliphatic carbocycles. The fraction of sp³-hybridized carbons (Fsp3) is 0.273. The van der Waals surface area contributed by atoms with E-state index >= 15 is 0 Å². The first-order chi connectivity index (χ1) is 7.59. The van der Waals surface area contributed by atoms with E-state index in [1.54, 1.807) is 12.1 Å². The average Bonchev–Trinajstić information content (AvgIpc) is 2.24. The molecule has 0 aromatic heterocycles. The normalized spacial score (nSPS) is 18.9. The van der Waals surface area contributed by atoms with Crippen LogP contribution in [0, 0.1) is 0 Å². The van der Waals surface area contributed by atoms with Gasteiger partial charge in [-0.25, -0.2) is 4.79 Å². The number of amides is 2. The standard InChI is InChI=1S/C11H12N2O3/c1-7-8-4-2-3-5-9(8)16-11(15)13(7)6-10(12)14/h2-5,7H,6H2,1H3,(H2,12,14). The Balaban J connectivity index is 2.34. The lowest BCUT2D eigenvalue weighted by molar-refractivity contribution is -0.119. The number of rotatable bonds is 2. The molecule has 0 saturated heterocycles. The van der Waals surface area contributed by atoms with Crippen molar-refractivity contribution in [3.63, 3.8) is 0 Å². The van der Waals surface area contributed by atoms with E-state index < -0.39 is 12.0 Å². The summed E-state index contributed by atoms with van der Waals surface area (Å²) in [5.41, 5.74) is 5.96. The van der Waals surface area contributed by atoms with Gasteiger partial charge in [-0.15, -0.1) is 0 Å². The molecule has 84 valence electrons. The van der Waals surface area contributed by atoms with Gasteiger partial charge in [-0.05, 0) is 13.0 Å². The Morgan fingerprint density at radius 1 is 1.50 bits per heavy atom. The molecule has 1 aliphatic heterocycles. The minimum Gasteiger partial charge on any atom is -0.410 e. The maximum atomic E-state index is 11.6. The Bertz CT molecular complexity index is 445. The third-order valence-electron chi connectivity index (χ3n) is 2.59. The van der Waals surface area contributed by atoms with Gasteiger partial charge >= 0.3 is 6.09 Å². The second kappa shape index (κ2) is 3.84. The van der Waals surface area contributed by atoms with Crippen LogP contribution in [0.4, 0.5) is 4.79 Å². The second-order valence-corrected chi connectivity index (χ2v) is 3.68. The predicted octanol–water partition coefficient (Wildman–Crippen LogP) is 1.05. The van der Waals surface area contributed by atoms with Crippen molar-refractivity contribution in [3.8, 4) is 5.75 Å². The van der Waals surface area contributed by atoms with Gasteiger partial charge in [0.05, 0.1) is 6.04 Å². The Kier molecular flexibility index (Phi) is 2.52. The summed E-state index contributed by atoms with van der Waals surface area (Å²) >= 11 is 0. The predicted molar refractivity (Wildman–Crippen MR) is 56.8 cm³/mol. The summed E-state index contributed by atoms with van der Waals surface area (Å²) in [6, 6.07) is 7.04. The van der Waals surface area contributed by atoms with Crippen LogP contribution >= 0.6 is 0 Å². The first-order valence-electron chi connectivity index (χ1n) is 4.95. The zero-order chi connectivity index (χ0) is 11.7. The number of ether oxygens (including phenoxy) is 1. The number of nitrogens with zero attached hydrogens (tertiary/aromatic N) is 1. The van der Waals surface area contributed by atoms with Crippen molar-refractivity contribution in [1.29, 1.82) is 0 Å². The molecule has 5 nitrogen and oxygen atoms in total. The lowest BCUT2D eigenvalue weighted by atomic mass is 10.0. The van der Waals surface area contributed by atoms with Crippen molar-refractivity contribution in [1.82, 2.24) is 4.90 Å². The third kappa shape index (κ3) is 1.71. The maximum Gasteiger partial charge on any atom is 0.416 e. The van der Waals surface area contributed by atoms with Gasteiger partial charge < -0.3 is 10.5 Å². The van der Waals surface area contributed by atoms with Crippen molar-refractivity contribution in [2.24, 2.45) is 5.73 Å². The highest BCUT2D eigenvalue weighted by molar-refractivity contribution is 5.83. The van der Waals surface area contributed by atoms with E-state index in [4.69, 9.17) is 10.5 Å². The van der Waals surface area contributed by atoms with Crippen molar-refractivity contribution >= 4 is 12.0 Å². The van der Waals surface area contributed by atoms with Crippen molar-refractivity contribution in [3.05, 3.63) is 29.8 Å². The van der Waals surface area contributed by atoms with E-state index in [1.807, 2.05) is 19.1 Å². The molecule has 5 heteroatoms. The summed E-state index contributed by atoms with van der Waals surface area (Å²) in [5.74, 6) is -0.0103. The van der Waals surface area contributed by atoms with Crippen LogP contribution in [0.1, 0.15) is 18.5 Å². The fourth-order valence-corrected chi connectivity index (χ4v) is 1.77. The van der Waals surface area contributed by atoms with Crippen LogP contribution in [0.5, 0.6) is 5.75 Å². The molecule has 0 saturated carbocycles. The summed E-state index contributed by atoms with van der Waals surface area (Å²) in [6.07, 6.45) is -0.537. The number of primary amides is 1. The smallest absolute Gasteiger partial charge is 0.410 e. The van der Waals surface area contributed by atoms with Crippen LogP contribution in [-0.4, -0.2) is 23.4 Å². The van der Waals surface area contributed by atoms with Crippen LogP contribution in [0.3, 0.4) is 0 Å². The highest BCUT2D eigenvalue weighted by atomic mass is 16.6. The zero-order valence-corrected chi connectivity index (χ0v) is 8.84. The van der Waals surface area contributed by atoms with Crippen LogP contribution < -0.4 is 10.5 Å². The molecular weight excluding hydrogens is 208 g/mol. The minimum atomic E-state index is -0.553. The number of carbonyl (C=O) groups is 2. The lowest BCUT2D eigenvalue weighted by Crippen LogP contribution is -2.44. The molecule has 16 heavy (non-hydrogen) atoms. The van der Waals surface area contributed by atoms with Crippen molar-refractivity contribution in [2.75, 3.05) is 6.54 Å². The summed E-state index contributed by atoms with van der Waals surface area (Å²) < 4.78 is 5.09. The van der Waals surface area contributed by atoms with E-state index in [0.29, 0.717) is 5.75 Å². The van der Waals surface area contributed by atoms with Gasteiger partial charge in [-0.3, -0.25) is 9.69 Å². The highest BCUT2D eigenvalue weighted by Crippen LogP contribution is 2.33. The summed E-state index contributed by atoms with van der Waals surface area (Å²) in [4.78, 5) is 23.8. The Labute approximate surface area is 92.8 Å². The van der Waals surface area contributed by atoms with Crippen LogP contribution in [-0.2, 0) is 4.79 Å². The molecule has 1 aromatic rings. The minimum absolute atomic E-state index is 0.131. The lowest BCUT2D eigenvalue weighted by Gasteiger charge is -2.32. The number of para-hydroxylation sites is 1. The third-order valence-corrected chi connectivity index (χ3v) is 2.59. The van der Waals surface area contributed by atoms with Gasteiger partial charge in [0.25, 0.3) is 0 Å². The van der Waals surface area contributed by atoms with Crippen LogP contribution in [0.25, 0.3) is 0 Å². The molecule has 1 aliphatic rings. The van der Waals surface area contributed by atoms with E-state index in [0.717, 1.165) is 5.56 Å². The second-order valence-electron chi connectivity index (χ2n) is 3.68. The van der Waals surface area contributed by atoms with Crippen molar-refractivity contribution < 1.29 is 14.3 Å². The van der Waals surface area contributed by atoms with Crippen molar-refractivity contribution in [2.45, 2.75) is 13.0 Å². The largest absolute Gasteiger partial charge is 0.416 e. The van der Waals surface area contributed by atoms with Gasteiger partial charge in [0.2, 0.25) is 5.91 Å². The first kappa shape index (κ1) is 10.5. The fourth-order valence-electron chi connectivity index (χ4n) is 1.77. The van der Waals surface area contributed by atoms with Crippen LogP contribution in [0.15, 0.2) is 24.3 Å². The number of fused-ring (bicyclic) bond motifs is 1. The molecular formula is C11H12N2O3. The molecule has 1 unspecified atom stereocenters. The van der Waals surface area contributed by atoms with Gasteiger partial charge in [-0.2, -0.15) is 0 Å². The van der Waals surface area contributed by atoms with Crippen LogP contribution in [0.2, 0.25) is 0 Å². The Morgan fingerprint density at radius 3 is 2.88 bits per heavy atom. The van der Waals surface area contributed by atoms with Gasteiger partial charge in [0.1, 0.15) is 12.3 Å². The molecule has 0 spiro atoms. The molecule has 0 radical (unpaired) electrons. The van der Waals surface area contributed by atoms with E-state index in [1.165, 1.54) is 4.90 Å². The number of carbonyl (C=O) groups excluding carboxylic acids is 2. The molecule has 0 fully saturated rings. The molecule has 2 N–H and O–H groups in total. The summed E-state index contributed by atoms with van der Waals surface area (Å²) in [5, 5.41) is 0. The van der Waals surface area contributed by atoms with E-state index in [-0.39, 0.29) is 12.6 Å². The molecule has 1 atom stereocenters. The molecule has 1 heterocycles. The number of nitrogens with two attached hydrogens (primary N) is 1. The molecule has 2 rings (SSSR count). The average molecular weight is 220 g/mol. The maximum absolute atomic E-state index is 11.6. The molecule has 1 aromatic carbocycles. The summed E-state index contributed by atoms with van der Waals surface area (Å²) in [6.45, 7) is 1.70. The quantitative estimate of drug-likeness (QED) is 0.809. The topological polar surface area (TPSA) is 72.6 Å². The molecule has 0 bridgehead atoms. The number of hydrogen-bond acceptors (Lipinski definition) is 3. The Morgan fingerprint density at radius 2 is 2.19 bits per heavy atom. The highest BCUT2D eigenvalue weighted by Gasteiger charge is 2.31. The molecule has 2 amide bonds. The van der Waals surface area contributed by atoms with Gasteiger partial charge in [0.15, 0.2) is 0 Å². The first-order valence-corrected chi connectivity index (χ1v) is 4.95. The zero-order valence-electron chi connectivity index (χ0n) is 8.84. The monoisotopic (exact) mass is 220 g/mol. The number of benzene rings is 1. The van der Waals surface area contributed by atoms with E-state index in [9.17, 15) is 9.59 Å².